The van der Waals surface area contributed by atoms with E-state index in [2.05, 4.69) is 0 Å². The van der Waals surface area contributed by atoms with Crippen LogP contribution >= 0.6 is 10.7 Å². The van der Waals surface area contributed by atoms with Gasteiger partial charge in [-0.1, -0.05) is 0 Å². The highest BCUT2D eigenvalue weighted by Crippen LogP contribution is 2.38. The topological polar surface area (TPSA) is 43.4 Å². The average molecular weight is 197 g/mol. The average Bonchev–Trinajstić information content (AvgIpc) is 2.42. The van der Waals surface area contributed by atoms with Crippen LogP contribution in [0.2, 0.25) is 0 Å². The van der Waals surface area contributed by atoms with Crippen LogP contribution < -0.4 is 0 Å². The second-order valence-corrected chi connectivity index (χ2v) is 5.97. The predicted octanol–water partition coefficient (Wildman–Crippen LogP) is 0.875. The smallest absolute Gasteiger partial charge is 0.238 e. The first-order chi connectivity index (χ1) is 5.07. The summed E-state index contributed by atoms with van der Waals surface area (Å²) >= 11 is 0. The molecule has 2 rings (SSSR count). The largest absolute Gasteiger partial charge is 0.374 e. The maximum atomic E-state index is 10.9. The first-order valence-electron chi connectivity index (χ1n) is 3.66. The van der Waals surface area contributed by atoms with Gasteiger partial charge in [0, 0.05) is 10.7 Å². The standard InChI is InChI=1S/C6H9ClO3S/c7-11(8,9)6-3-4-1-2-5(6)10-4/h4-6H,1-3H2/t4-,5+,6+/m0/s1. The third kappa shape index (κ3) is 1.27. The second-order valence-electron chi connectivity index (χ2n) is 3.12. The molecule has 5 heteroatoms. The van der Waals surface area contributed by atoms with E-state index in [1.807, 2.05) is 0 Å². The van der Waals surface area contributed by atoms with E-state index in [-0.39, 0.29) is 12.2 Å². The van der Waals surface area contributed by atoms with Gasteiger partial charge in [0.15, 0.2) is 0 Å². The van der Waals surface area contributed by atoms with Gasteiger partial charge in [-0.15, -0.1) is 0 Å². The van der Waals surface area contributed by atoms with E-state index in [4.69, 9.17) is 15.4 Å². The Kier molecular flexibility index (Phi) is 1.67. The Morgan fingerprint density at radius 2 is 2.09 bits per heavy atom. The molecule has 0 unspecified atom stereocenters. The molecule has 0 N–H and O–H groups in total. The monoisotopic (exact) mass is 196 g/mol. The van der Waals surface area contributed by atoms with Crippen LogP contribution in [0.3, 0.4) is 0 Å². The van der Waals surface area contributed by atoms with Crippen LogP contribution in [0.1, 0.15) is 19.3 Å². The number of halogens is 1. The zero-order valence-corrected chi connectivity index (χ0v) is 7.44. The van der Waals surface area contributed by atoms with E-state index < -0.39 is 14.3 Å². The lowest BCUT2D eigenvalue weighted by Gasteiger charge is -2.13. The van der Waals surface area contributed by atoms with Gasteiger partial charge in [0.25, 0.3) is 0 Å². The molecular weight excluding hydrogens is 188 g/mol. The van der Waals surface area contributed by atoms with Crippen molar-refractivity contribution in [3.05, 3.63) is 0 Å². The molecule has 11 heavy (non-hydrogen) atoms. The van der Waals surface area contributed by atoms with E-state index in [9.17, 15) is 8.42 Å². The van der Waals surface area contributed by atoms with Gasteiger partial charge in [0.2, 0.25) is 9.05 Å². The number of fused-ring (bicyclic) bond motifs is 2. The molecule has 0 radical (unpaired) electrons. The van der Waals surface area contributed by atoms with Gasteiger partial charge in [-0.05, 0) is 19.3 Å². The molecule has 2 fully saturated rings. The Bertz CT molecular complexity index is 261. The summed E-state index contributed by atoms with van der Waals surface area (Å²) in [4.78, 5) is 0. The minimum absolute atomic E-state index is 0.123. The maximum absolute atomic E-state index is 10.9. The van der Waals surface area contributed by atoms with E-state index in [0.717, 1.165) is 12.8 Å². The van der Waals surface area contributed by atoms with Crippen LogP contribution in [-0.2, 0) is 13.8 Å². The van der Waals surface area contributed by atoms with Gasteiger partial charge in [-0.2, -0.15) is 0 Å². The highest BCUT2D eigenvalue weighted by atomic mass is 35.7. The van der Waals surface area contributed by atoms with Gasteiger partial charge in [0.1, 0.15) is 5.25 Å². The predicted molar refractivity (Wildman–Crippen MR) is 41.1 cm³/mol. The second kappa shape index (κ2) is 2.34. The number of ether oxygens (including phenoxy) is 1. The van der Waals surface area contributed by atoms with E-state index in [0.29, 0.717) is 6.42 Å². The van der Waals surface area contributed by atoms with Gasteiger partial charge in [-0.25, -0.2) is 8.42 Å². The molecule has 2 saturated heterocycles. The van der Waals surface area contributed by atoms with Gasteiger partial charge in [-0.3, -0.25) is 0 Å². The zero-order valence-electron chi connectivity index (χ0n) is 5.86. The highest BCUT2D eigenvalue weighted by molar-refractivity contribution is 8.14. The molecule has 0 aromatic heterocycles. The SMILES string of the molecule is O=S(=O)(Cl)[C@@H]1C[C@@H]2CC[C@H]1O2. The molecule has 0 saturated carbocycles. The molecular formula is C6H9ClO3S. The van der Waals surface area contributed by atoms with Crippen LogP contribution in [0.5, 0.6) is 0 Å². The number of hydrogen-bond acceptors (Lipinski definition) is 3. The molecule has 3 nitrogen and oxygen atoms in total. The van der Waals surface area contributed by atoms with E-state index in [1.54, 1.807) is 0 Å². The normalized spacial score (nSPS) is 43.2. The van der Waals surface area contributed by atoms with Crippen molar-refractivity contribution in [3.63, 3.8) is 0 Å². The lowest BCUT2D eigenvalue weighted by atomic mass is 10.0. The minimum atomic E-state index is -3.39. The summed E-state index contributed by atoms with van der Waals surface area (Å²) in [6.45, 7) is 0. The first kappa shape index (κ1) is 7.83. The highest BCUT2D eigenvalue weighted by Gasteiger charge is 2.46. The molecule has 0 aliphatic carbocycles. The summed E-state index contributed by atoms with van der Waals surface area (Å²) in [6, 6.07) is 0. The molecule has 2 aliphatic rings. The first-order valence-corrected chi connectivity index (χ1v) is 6.03. The van der Waals surface area contributed by atoms with Gasteiger partial charge >= 0.3 is 0 Å². The molecule has 0 amide bonds. The molecule has 0 spiro atoms. The molecule has 0 aromatic carbocycles. The summed E-state index contributed by atoms with van der Waals surface area (Å²) in [5.74, 6) is 0. The zero-order chi connectivity index (χ0) is 8.06. The van der Waals surface area contributed by atoms with Crippen molar-refractivity contribution in [1.82, 2.24) is 0 Å². The summed E-state index contributed by atoms with van der Waals surface area (Å²) in [5.41, 5.74) is 0. The van der Waals surface area contributed by atoms with Crippen molar-refractivity contribution < 1.29 is 13.2 Å². The fraction of sp³-hybridized carbons (Fsp3) is 1.00. The Morgan fingerprint density at radius 1 is 1.36 bits per heavy atom. The summed E-state index contributed by atoms with van der Waals surface area (Å²) in [6.07, 6.45) is 2.46. The molecule has 2 bridgehead atoms. The summed E-state index contributed by atoms with van der Waals surface area (Å²) in [5, 5.41) is -0.442. The molecule has 2 heterocycles. The Hall–Kier alpha value is 0.200. The Labute approximate surface area is 70.1 Å². The van der Waals surface area contributed by atoms with E-state index in [1.165, 1.54) is 0 Å². The summed E-state index contributed by atoms with van der Waals surface area (Å²) < 4.78 is 27.2. The summed E-state index contributed by atoms with van der Waals surface area (Å²) in [7, 11) is 1.84. The van der Waals surface area contributed by atoms with Crippen molar-refractivity contribution in [3.8, 4) is 0 Å². The lowest BCUT2D eigenvalue weighted by molar-refractivity contribution is 0.105. The number of rotatable bonds is 1. The van der Waals surface area contributed by atoms with Crippen molar-refractivity contribution in [1.29, 1.82) is 0 Å². The fourth-order valence-electron chi connectivity index (χ4n) is 1.89. The number of hydrogen-bond donors (Lipinski definition) is 0. The van der Waals surface area contributed by atoms with Crippen molar-refractivity contribution >= 4 is 19.7 Å². The van der Waals surface area contributed by atoms with Gasteiger partial charge in [0.05, 0.1) is 12.2 Å². The van der Waals surface area contributed by atoms with Crippen LogP contribution in [-0.4, -0.2) is 25.9 Å². The van der Waals surface area contributed by atoms with Crippen molar-refractivity contribution in [2.45, 2.75) is 36.7 Å². The van der Waals surface area contributed by atoms with E-state index >= 15 is 0 Å². The van der Waals surface area contributed by atoms with Crippen LogP contribution in [0.25, 0.3) is 0 Å². The molecule has 3 atom stereocenters. The molecule has 64 valence electrons. The molecule has 2 aliphatic heterocycles. The van der Waals surface area contributed by atoms with Crippen LogP contribution in [0.15, 0.2) is 0 Å². The molecule has 0 aromatic rings. The lowest BCUT2D eigenvalue weighted by Crippen LogP contribution is -2.27. The third-order valence-corrected chi connectivity index (χ3v) is 4.32. The fourth-order valence-corrected chi connectivity index (χ4v) is 3.46. The quantitative estimate of drug-likeness (QED) is 0.585. The maximum Gasteiger partial charge on any atom is 0.238 e. The Balaban J connectivity index is 2.21. The van der Waals surface area contributed by atoms with Gasteiger partial charge < -0.3 is 4.74 Å². The van der Waals surface area contributed by atoms with Crippen molar-refractivity contribution in [2.24, 2.45) is 0 Å². The van der Waals surface area contributed by atoms with Crippen LogP contribution in [0, 0.1) is 0 Å². The minimum Gasteiger partial charge on any atom is -0.374 e. The van der Waals surface area contributed by atoms with Crippen molar-refractivity contribution in [2.75, 3.05) is 0 Å². The Morgan fingerprint density at radius 3 is 2.36 bits per heavy atom. The third-order valence-electron chi connectivity index (χ3n) is 2.41. The van der Waals surface area contributed by atoms with Crippen LogP contribution in [0.4, 0.5) is 0 Å².